The lowest BCUT2D eigenvalue weighted by Gasteiger charge is -2.15. The molecule has 5 nitrogen and oxygen atoms in total. The monoisotopic (exact) mass is 409 g/mol. The first-order valence-corrected chi connectivity index (χ1v) is 7.55. The third-order valence-electron chi connectivity index (χ3n) is 4.06. The van der Waals surface area contributed by atoms with Crippen LogP contribution in [-0.4, -0.2) is 34.9 Å². The van der Waals surface area contributed by atoms with E-state index in [2.05, 4.69) is 39.1 Å². The van der Waals surface area contributed by atoms with E-state index in [4.69, 9.17) is 0 Å². The zero-order valence-corrected chi connectivity index (χ0v) is 14.6. The number of hydrogen-bond donors (Lipinski definition) is 2. The second-order valence-corrected chi connectivity index (χ2v) is 5.66. The van der Waals surface area contributed by atoms with Crippen LogP contribution < -0.4 is 10.6 Å². The number of aromatic nitrogens is 2. The lowest BCUT2D eigenvalue weighted by molar-refractivity contribution is 0.696. The first kappa shape index (κ1) is 15.3. The molecule has 6 heteroatoms. The number of hydrogen-bond acceptors (Lipinski definition) is 4. The summed E-state index contributed by atoms with van der Waals surface area (Å²) in [6, 6.07) is 10.7. The molecule has 22 heavy (non-hydrogen) atoms. The summed E-state index contributed by atoms with van der Waals surface area (Å²) in [6.07, 6.45) is 6.40. The molecule has 0 bridgehead atoms. The summed E-state index contributed by atoms with van der Waals surface area (Å²) in [6.45, 7) is 1.95. The molecule has 2 aromatic rings. The van der Waals surface area contributed by atoms with Crippen LogP contribution in [0.1, 0.15) is 24.3 Å². The van der Waals surface area contributed by atoms with Gasteiger partial charge in [0.05, 0.1) is 11.9 Å². The highest BCUT2D eigenvalue weighted by Gasteiger charge is 2.40. The Bertz CT molecular complexity index is 652. The topological polar surface area (TPSA) is 54.2 Å². The summed E-state index contributed by atoms with van der Waals surface area (Å²) in [7, 11) is 0. The Hall–Kier alpha value is -1.57. The molecule has 1 aromatic carbocycles. The van der Waals surface area contributed by atoms with Gasteiger partial charge >= 0.3 is 0 Å². The Morgan fingerprint density at radius 3 is 2.86 bits per heavy atom. The number of para-hydroxylation sites is 1. The molecular weight excluding hydrogens is 389 g/mol. The van der Waals surface area contributed by atoms with Crippen molar-refractivity contribution in [3.8, 4) is 5.69 Å². The predicted octanol–water partition coefficient (Wildman–Crippen LogP) is 2.29. The molecule has 0 unspecified atom stereocenters. The highest BCUT2D eigenvalue weighted by atomic mass is 127. The minimum atomic E-state index is 0. The molecule has 1 saturated carbocycles. The number of nitrogens with zero attached hydrogens (tertiary/aromatic N) is 3. The molecule has 0 spiro atoms. The average Bonchev–Trinajstić information content (AvgIpc) is 3.13. The van der Waals surface area contributed by atoms with E-state index in [0.717, 1.165) is 37.6 Å². The standard InChI is InChI=1S/C16H19N5.HI/c1-2-5-13(6-3-1)21-11-12(10-19-21)14-9-15(14)20-16-17-7-4-8-18-16;/h1-3,5-6,10-11,14-15H,4,7-9H2,(H2,17,18,20);1H/t14-,15+;/m0./s1. The number of aliphatic imine (C=N–C) groups is 1. The van der Waals surface area contributed by atoms with Crippen molar-refractivity contribution in [3.63, 3.8) is 0 Å². The number of halogens is 1. The maximum absolute atomic E-state index is 4.47. The van der Waals surface area contributed by atoms with Crippen molar-refractivity contribution in [2.24, 2.45) is 4.99 Å². The van der Waals surface area contributed by atoms with Gasteiger partial charge in [0.15, 0.2) is 5.96 Å². The van der Waals surface area contributed by atoms with Crippen LogP contribution in [0.25, 0.3) is 5.69 Å². The molecule has 1 aromatic heterocycles. The summed E-state index contributed by atoms with van der Waals surface area (Å²) < 4.78 is 1.95. The SMILES string of the molecule is I.c1ccc(-n2cc([C@@H]3C[C@H]3NC3=NCCCN3)cn2)cc1. The van der Waals surface area contributed by atoms with Crippen molar-refractivity contribution in [2.45, 2.75) is 24.8 Å². The largest absolute Gasteiger partial charge is 0.356 e. The van der Waals surface area contributed by atoms with Gasteiger partial charge in [-0.3, -0.25) is 4.99 Å². The normalized spacial score (nSPS) is 23.0. The molecule has 0 saturated heterocycles. The van der Waals surface area contributed by atoms with Crippen LogP contribution in [0.5, 0.6) is 0 Å². The van der Waals surface area contributed by atoms with Gasteiger partial charge in [-0.1, -0.05) is 18.2 Å². The van der Waals surface area contributed by atoms with Gasteiger partial charge in [-0.05, 0) is 30.5 Å². The van der Waals surface area contributed by atoms with Crippen LogP contribution in [0.3, 0.4) is 0 Å². The number of guanidine groups is 1. The number of benzene rings is 1. The maximum atomic E-state index is 4.47. The van der Waals surface area contributed by atoms with E-state index in [1.807, 2.05) is 29.1 Å². The molecule has 2 atom stereocenters. The highest BCUT2D eigenvalue weighted by Crippen LogP contribution is 2.40. The molecule has 2 N–H and O–H groups in total. The van der Waals surface area contributed by atoms with Gasteiger partial charge in [-0.2, -0.15) is 5.10 Å². The first-order chi connectivity index (χ1) is 10.4. The van der Waals surface area contributed by atoms with Crippen LogP contribution in [0, 0.1) is 0 Å². The Labute approximate surface area is 147 Å². The second kappa shape index (κ2) is 6.68. The van der Waals surface area contributed by atoms with Gasteiger partial charge in [0, 0.05) is 31.2 Å². The average molecular weight is 409 g/mol. The summed E-state index contributed by atoms with van der Waals surface area (Å²) >= 11 is 0. The van der Waals surface area contributed by atoms with Crippen LogP contribution in [-0.2, 0) is 0 Å². The maximum Gasteiger partial charge on any atom is 0.191 e. The summed E-state index contributed by atoms with van der Waals surface area (Å²) in [5.41, 5.74) is 2.40. The van der Waals surface area contributed by atoms with E-state index in [0.29, 0.717) is 12.0 Å². The van der Waals surface area contributed by atoms with E-state index in [1.54, 1.807) is 0 Å². The van der Waals surface area contributed by atoms with Crippen LogP contribution in [0.15, 0.2) is 47.7 Å². The Balaban J connectivity index is 0.00000144. The molecule has 0 amide bonds. The van der Waals surface area contributed by atoms with Crippen LogP contribution in [0.2, 0.25) is 0 Å². The summed E-state index contributed by atoms with van der Waals surface area (Å²) in [4.78, 5) is 4.46. The highest BCUT2D eigenvalue weighted by molar-refractivity contribution is 14.0. The molecule has 2 heterocycles. The van der Waals surface area contributed by atoms with Crippen molar-refractivity contribution < 1.29 is 0 Å². The van der Waals surface area contributed by atoms with E-state index < -0.39 is 0 Å². The minimum Gasteiger partial charge on any atom is -0.356 e. The molecule has 1 aliphatic carbocycles. The van der Waals surface area contributed by atoms with Gasteiger partial charge in [0.25, 0.3) is 0 Å². The van der Waals surface area contributed by atoms with Crippen LogP contribution in [0.4, 0.5) is 0 Å². The quantitative estimate of drug-likeness (QED) is 0.766. The lowest BCUT2D eigenvalue weighted by Crippen LogP contribution is -2.42. The zero-order valence-electron chi connectivity index (χ0n) is 12.3. The Morgan fingerprint density at radius 2 is 2.09 bits per heavy atom. The minimum absolute atomic E-state index is 0. The zero-order chi connectivity index (χ0) is 14.1. The van der Waals surface area contributed by atoms with Gasteiger partial charge in [0.1, 0.15) is 0 Å². The molecular formula is C16H20IN5. The molecule has 1 fully saturated rings. The van der Waals surface area contributed by atoms with E-state index in [1.165, 1.54) is 5.56 Å². The number of rotatable bonds is 3. The second-order valence-electron chi connectivity index (χ2n) is 5.66. The molecule has 116 valence electrons. The predicted molar refractivity (Wildman–Crippen MR) is 98.2 cm³/mol. The summed E-state index contributed by atoms with van der Waals surface area (Å²) in [5.74, 6) is 1.51. The van der Waals surface area contributed by atoms with Gasteiger partial charge in [-0.25, -0.2) is 4.68 Å². The van der Waals surface area contributed by atoms with E-state index >= 15 is 0 Å². The number of nitrogens with one attached hydrogen (secondary N) is 2. The molecule has 1 aliphatic heterocycles. The third kappa shape index (κ3) is 3.26. The van der Waals surface area contributed by atoms with E-state index in [-0.39, 0.29) is 24.0 Å². The van der Waals surface area contributed by atoms with Gasteiger partial charge in [0.2, 0.25) is 0 Å². The van der Waals surface area contributed by atoms with Crippen LogP contribution >= 0.6 is 24.0 Å². The van der Waals surface area contributed by atoms with Crippen molar-refractivity contribution in [1.29, 1.82) is 0 Å². The molecule has 4 rings (SSSR count). The van der Waals surface area contributed by atoms with E-state index in [9.17, 15) is 0 Å². The van der Waals surface area contributed by atoms with Crippen molar-refractivity contribution in [2.75, 3.05) is 13.1 Å². The fourth-order valence-corrected chi connectivity index (χ4v) is 2.78. The fourth-order valence-electron chi connectivity index (χ4n) is 2.78. The van der Waals surface area contributed by atoms with Crippen molar-refractivity contribution in [3.05, 3.63) is 48.3 Å². The van der Waals surface area contributed by atoms with Crippen molar-refractivity contribution >= 4 is 29.9 Å². The van der Waals surface area contributed by atoms with Gasteiger partial charge < -0.3 is 10.6 Å². The lowest BCUT2D eigenvalue weighted by atomic mass is 10.2. The third-order valence-corrected chi connectivity index (χ3v) is 4.06. The molecule has 2 aliphatic rings. The molecule has 0 radical (unpaired) electrons. The van der Waals surface area contributed by atoms with Crippen molar-refractivity contribution in [1.82, 2.24) is 20.4 Å². The fraction of sp³-hybridized carbons (Fsp3) is 0.375. The Kier molecular flexibility index (Phi) is 4.66. The Morgan fingerprint density at radius 1 is 1.23 bits per heavy atom. The van der Waals surface area contributed by atoms with Gasteiger partial charge in [-0.15, -0.1) is 24.0 Å². The smallest absolute Gasteiger partial charge is 0.191 e. The first-order valence-electron chi connectivity index (χ1n) is 7.55. The summed E-state index contributed by atoms with van der Waals surface area (Å²) in [5, 5.41) is 11.3.